The molecule has 0 aliphatic carbocycles. The molecule has 1 N–H and O–H groups in total. The number of hydrogen-bond acceptors (Lipinski definition) is 4. The summed E-state index contributed by atoms with van der Waals surface area (Å²) < 4.78 is 4.84. The summed E-state index contributed by atoms with van der Waals surface area (Å²) in [5.41, 5.74) is -0.716. The number of benzene rings is 1. The number of esters is 1. The molecule has 0 amide bonds. The average molecular weight is 336 g/mol. The Morgan fingerprint density at radius 2 is 2.15 bits per heavy atom. The number of likely N-dealkylation sites (N-methyl/N-ethyl adjacent to an activating group) is 1. The molecule has 0 saturated heterocycles. The van der Waals surface area contributed by atoms with Crippen molar-refractivity contribution < 1.29 is 9.53 Å². The molecule has 0 heterocycles. The quantitative estimate of drug-likeness (QED) is 0.629. The molecule has 2 unspecified atom stereocenters. The maximum Gasteiger partial charge on any atom is 0.325 e. The first-order valence-electron chi connectivity index (χ1n) is 6.21. The first kappa shape index (κ1) is 17.6. The second-order valence-electron chi connectivity index (χ2n) is 4.78. The second-order valence-corrected chi connectivity index (χ2v) is 7.10. The molecule has 1 aromatic carbocycles. The molecule has 3 nitrogen and oxygen atoms in total. The van der Waals surface area contributed by atoms with Crippen molar-refractivity contribution in [3.05, 3.63) is 28.2 Å². The van der Waals surface area contributed by atoms with Crippen molar-refractivity contribution in [1.29, 1.82) is 0 Å². The van der Waals surface area contributed by atoms with Gasteiger partial charge in [-0.3, -0.25) is 4.79 Å². The molecule has 1 aromatic rings. The molecule has 0 aromatic heterocycles. The van der Waals surface area contributed by atoms with Gasteiger partial charge in [0.15, 0.2) is 0 Å². The number of nitrogens with one attached hydrogen (secondary N) is 1. The van der Waals surface area contributed by atoms with Crippen LogP contribution in [-0.4, -0.2) is 30.9 Å². The van der Waals surface area contributed by atoms with Gasteiger partial charge in [0.25, 0.3) is 0 Å². The molecule has 0 aliphatic heterocycles. The fraction of sp³-hybridized carbons (Fsp3) is 0.500. The molecule has 20 heavy (non-hydrogen) atoms. The fourth-order valence-corrected chi connectivity index (χ4v) is 3.63. The molecule has 0 fully saturated rings. The minimum Gasteiger partial charge on any atom is -0.468 e. The standard InChI is InChI=1S/C14H19Cl2NO2S/c1-9(8-14(2,17-3)13(18)19-4)20-12-7-10(15)5-6-11(12)16/h5-7,9,17H,8H2,1-4H3. The number of thioether (sulfide) groups is 1. The molecule has 1 rings (SSSR count). The van der Waals surface area contributed by atoms with Crippen LogP contribution in [0.1, 0.15) is 20.3 Å². The summed E-state index contributed by atoms with van der Waals surface area (Å²) in [6.45, 7) is 3.87. The monoisotopic (exact) mass is 335 g/mol. The van der Waals surface area contributed by atoms with E-state index in [4.69, 9.17) is 27.9 Å². The molecule has 0 spiro atoms. The Labute approximate surface area is 134 Å². The van der Waals surface area contributed by atoms with Crippen molar-refractivity contribution in [2.45, 2.75) is 36.0 Å². The number of rotatable bonds is 6. The van der Waals surface area contributed by atoms with E-state index in [1.165, 1.54) is 7.11 Å². The summed E-state index contributed by atoms with van der Waals surface area (Å²) >= 11 is 13.7. The van der Waals surface area contributed by atoms with E-state index in [1.54, 1.807) is 30.9 Å². The largest absolute Gasteiger partial charge is 0.468 e. The summed E-state index contributed by atoms with van der Waals surface area (Å²) in [4.78, 5) is 12.7. The lowest BCUT2D eigenvalue weighted by molar-refractivity contribution is -0.147. The molecule has 112 valence electrons. The summed E-state index contributed by atoms with van der Waals surface area (Å²) in [5, 5.41) is 4.50. The van der Waals surface area contributed by atoms with E-state index in [0.29, 0.717) is 16.5 Å². The Hall–Kier alpha value is -0.420. The van der Waals surface area contributed by atoms with E-state index in [-0.39, 0.29) is 11.2 Å². The Bertz CT molecular complexity index is 484. The average Bonchev–Trinajstić information content (AvgIpc) is 2.41. The van der Waals surface area contributed by atoms with Crippen molar-refractivity contribution in [3.8, 4) is 0 Å². The number of ether oxygens (including phenoxy) is 1. The smallest absolute Gasteiger partial charge is 0.325 e. The van der Waals surface area contributed by atoms with Gasteiger partial charge in [-0.15, -0.1) is 11.8 Å². The van der Waals surface area contributed by atoms with Gasteiger partial charge in [-0.1, -0.05) is 30.1 Å². The maximum atomic E-state index is 11.8. The third-order valence-corrected chi connectivity index (χ3v) is 4.94. The normalized spacial score (nSPS) is 15.5. The lowest BCUT2D eigenvalue weighted by atomic mass is 9.96. The van der Waals surface area contributed by atoms with E-state index >= 15 is 0 Å². The van der Waals surface area contributed by atoms with Crippen molar-refractivity contribution in [2.75, 3.05) is 14.2 Å². The number of carbonyl (C=O) groups is 1. The zero-order valence-electron chi connectivity index (χ0n) is 12.0. The molecule has 0 saturated carbocycles. The predicted octanol–water partition coefficient (Wildman–Crippen LogP) is 4.02. The van der Waals surface area contributed by atoms with E-state index in [0.717, 1.165) is 4.90 Å². The van der Waals surface area contributed by atoms with Crippen LogP contribution in [0.15, 0.2) is 23.1 Å². The van der Waals surface area contributed by atoms with Gasteiger partial charge in [0.2, 0.25) is 0 Å². The summed E-state index contributed by atoms with van der Waals surface area (Å²) in [6.07, 6.45) is 0.615. The Morgan fingerprint density at radius 3 is 2.70 bits per heavy atom. The van der Waals surface area contributed by atoms with E-state index < -0.39 is 5.54 Å². The van der Waals surface area contributed by atoms with Crippen molar-refractivity contribution in [2.24, 2.45) is 0 Å². The molecule has 0 radical (unpaired) electrons. The maximum absolute atomic E-state index is 11.8. The highest BCUT2D eigenvalue weighted by molar-refractivity contribution is 8.00. The van der Waals surface area contributed by atoms with Gasteiger partial charge in [-0.25, -0.2) is 0 Å². The molecule has 0 aliphatic rings. The van der Waals surface area contributed by atoms with Crippen LogP contribution in [0.5, 0.6) is 0 Å². The molecular weight excluding hydrogens is 317 g/mol. The van der Waals surface area contributed by atoms with Gasteiger partial charge in [-0.2, -0.15) is 0 Å². The number of halogens is 2. The van der Waals surface area contributed by atoms with Crippen molar-refractivity contribution >= 4 is 40.9 Å². The van der Waals surface area contributed by atoms with Crippen molar-refractivity contribution in [3.63, 3.8) is 0 Å². The predicted molar refractivity (Wildman–Crippen MR) is 85.9 cm³/mol. The third kappa shape index (κ3) is 4.55. The lowest BCUT2D eigenvalue weighted by Gasteiger charge is -2.29. The minimum atomic E-state index is -0.716. The van der Waals surface area contributed by atoms with E-state index in [9.17, 15) is 4.79 Å². The Morgan fingerprint density at radius 1 is 1.50 bits per heavy atom. The molecule has 2 atom stereocenters. The van der Waals surface area contributed by atoms with Crippen LogP contribution < -0.4 is 5.32 Å². The SMILES string of the molecule is CNC(C)(CC(C)Sc1cc(Cl)ccc1Cl)C(=O)OC. The van der Waals surface area contributed by atoms with Crippen LogP contribution in [0.25, 0.3) is 0 Å². The highest BCUT2D eigenvalue weighted by Crippen LogP contribution is 2.35. The third-order valence-electron chi connectivity index (χ3n) is 3.10. The van der Waals surface area contributed by atoms with E-state index in [1.807, 2.05) is 19.9 Å². The van der Waals surface area contributed by atoms with E-state index in [2.05, 4.69) is 5.32 Å². The number of carbonyl (C=O) groups excluding carboxylic acids is 1. The number of methoxy groups -OCH3 is 1. The van der Waals surface area contributed by atoms with Crippen LogP contribution in [0.3, 0.4) is 0 Å². The topological polar surface area (TPSA) is 38.3 Å². The first-order valence-corrected chi connectivity index (χ1v) is 7.85. The summed E-state index contributed by atoms with van der Waals surface area (Å²) in [6, 6.07) is 5.36. The van der Waals surface area contributed by atoms with Crippen LogP contribution in [0.2, 0.25) is 10.0 Å². The highest BCUT2D eigenvalue weighted by atomic mass is 35.5. The van der Waals surface area contributed by atoms with Gasteiger partial charge < -0.3 is 10.1 Å². The van der Waals surface area contributed by atoms with Crippen LogP contribution in [-0.2, 0) is 9.53 Å². The fourth-order valence-electron chi connectivity index (χ4n) is 1.91. The minimum absolute atomic E-state index is 0.169. The second kappa shape index (κ2) is 7.55. The first-order chi connectivity index (χ1) is 9.32. The van der Waals surface area contributed by atoms with Gasteiger partial charge in [-0.05, 0) is 38.6 Å². The van der Waals surface area contributed by atoms with Gasteiger partial charge in [0.05, 0.1) is 12.1 Å². The Balaban J connectivity index is 2.78. The summed E-state index contributed by atoms with van der Waals surface area (Å²) in [7, 11) is 3.14. The van der Waals surface area contributed by atoms with Crippen LogP contribution >= 0.6 is 35.0 Å². The Kier molecular flexibility index (Phi) is 6.65. The van der Waals surface area contributed by atoms with Crippen LogP contribution in [0.4, 0.5) is 0 Å². The highest BCUT2D eigenvalue weighted by Gasteiger charge is 2.34. The van der Waals surface area contributed by atoms with Gasteiger partial charge in [0.1, 0.15) is 5.54 Å². The molecular formula is C14H19Cl2NO2S. The molecule has 0 bridgehead atoms. The van der Waals surface area contributed by atoms with Gasteiger partial charge >= 0.3 is 5.97 Å². The number of hydrogen-bond donors (Lipinski definition) is 1. The van der Waals surface area contributed by atoms with Gasteiger partial charge in [0, 0.05) is 15.2 Å². The zero-order chi connectivity index (χ0) is 15.3. The summed E-state index contributed by atoms with van der Waals surface area (Å²) in [5.74, 6) is -0.273. The zero-order valence-corrected chi connectivity index (χ0v) is 14.3. The van der Waals surface area contributed by atoms with Crippen LogP contribution in [0, 0.1) is 0 Å². The lowest BCUT2D eigenvalue weighted by Crippen LogP contribution is -2.49. The molecule has 6 heteroatoms. The van der Waals surface area contributed by atoms with Crippen molar-refractivity contribution in [1.82, 2.24) is 5.32 Å².